The summed E-state index contributed by atoms with van der Waals surface area (Å²) in [4.78, 5) is 0. The van der Waals surface area contributed by atoms with Crippen molar-refractivity contribution in [2.24, 2.45) is 0 Å². The summed E-state index contributed by atoms with van der Waals surface area (Å²) >= 11 is 6.35. The van der Waals surface area contributed by atoms with E-state index >= 15 is 0 Å². The first-order chi connectivity index (χ1) is 13.8. The normalized spacial score (nSPS) is 13.0. The number of benzene rings is 4. The second-order valence-corrected chi connectivity index (χ2v) is 7.55. The van der Waals surface area contributed by atoms with Crippen molar-refractivity contribution in [3.63, 3.8) is 0 Å². The molecule has 2 heterocycles. The molecule has 4 aromatic rings. The minimum Gasteiger partial charge on any atom is -0.458 e. The zero-order valence-corrected chi connectivity index (χ0v) is 15.6. The van der Waals surface area contributed by atoms with Crippen LogP contribution in [-0.2, 0) is 0 Å². The van der Waals surface area contributed by atoms with Crippen LogP contribution >= 0.6 is 11.6 Å². The van der Waals surface area contributed by atoms with Gasteiger partial charge >= 0.3 is 0 Å². The number of hydrogen-bond donors (Lipinski definition) is 0. The van der Waals surface area contributed by atoms with Gasteiger partial charge in [-0.3, -0.25) is 0 Å². The van der Waals surface area contributed by atoms with E-state index in [-0.39, 0.29) is 6.71 Å². The van der Waals surface area contributed by atoms with E-state index < -0.39 is 0 Å². The Hall–Kier alpha value is -3.17. The molecular weight excluding hydrogens is 367 g/mol. The van der Waals surface area contributed by atoms with E-state index in [0.29, 0.717) is 5.02 Å². The molecule has 0 amide bonds. The fraction of sp³-hybridized carbons (Fsp3) is 0. The van der Waals surface area contributed by atoms with Crippen molar-refractivity contribution >= 4 is 34.7 Å². The van der Waals surface area contributed by atoms with Crippen LogP contribution in [0.4, 0.5) is 0 Å². The van der Waals surface area contributed by atoms with Gasteiger partial charge in [-0.15, -0.1) is 0 Å². The first kappa shape index (κ1) is 15.9. The fourth-order valence-corrected chi connectivity index (χ4v) is 4.42. The van der Waals surface area contributed by atoms with E-state index in [9.17, 15) is 0 Å². The highest BCUT2D eigenvalue weighted by molar-refractivity contribution is 6.98. The number of hydrogen-bond acceptors (Lipinski definition) is 2. The first-order valence-electron chi connectivity index (χ1n) is 9.25. The van der Waals surface area contributed by atoms with Crippen molar-refractivity contribution in [1.82, 2.24) is 0 Å². The molecule has 0 unspecified atom stereocenters. The molecule has 2 aliphatic heterocycles. The van der Waals surface area contributed by atoms with Crippen LogP contribution in [0.5, 0.6) is 23.0 Å². The molecule has 0 atom stereocenters. The van der Waals surface area contributed by atoms with Crippen LogP contribution in [0.2, 0.25) is 5.02 Å². The number of halogens is 1. The maximum atomic E-state index is 6.35. The molecule has 132 valence electrons. The maximum absolute atomic E-state index is 6.35. The van der Waals surface area contributed by atoms with Gasteiger partial charge in [0.25, 0.3) is 6.71 Å². The summed E-state index contributed by atoms with van der Waals surface area (Å²) in [6, 6.07) is 28.7. The van der Waals surface area contributed by atoms with Crippen molar-refractivity contribution in [3.05, 3.63) is 90.0 Å². The van der Waals surface area contributed by atoms with Crippen LogP contribution in [0.1, 0.15) is 0 Å². The molecule has 2 aliphatic rings. The van der Waals surface area contributed by atoms with E-state index in [4.69, 9.17) is 21.1 Å². The Bertz CT molecular complexity index is 1240. The van der Waals surface area contributed by atoms with Crippen molar-refractivity contribution < 1.29 is 9.47 Å². The summed E-state index contributed by atoms with van der Waals surface area (Å²) in [6.45, 7) is 0.0702. The average Bonchev–Trinajstić information content (AvgIpc) is 2.73. The average molecular weight is 381 g/mol. The van der Waals surface area contributed by atoms with Gasteiger partial charge in [-0.05, 0) is 46.3 Å². The van der Waals surface area contributed by atoms with Gasteiger partial charge in [0.2, 0.25) is 0 Å². The minimum atomic E-state index is 0.0702. The second-order valence-electron chi connectivity index (χ2n) is 7.11. The van der Waals surface area contributed by atoms with Crippen LogP contribution < -0.4 is 25.9 Å². The van der Waals surface area contributed by atoms with Crippen molar-refractivity contribution in [1.29, 1.82) is 0 Å². The van der Waals surface area contributed by atoms with Gasteiger partial charge in [0, 0.05) is 10.5 Å². The summed E-state index contributed by atoms with van der Waals surface area (Å²) < 4.78 is 12.5. The molecule has 0 saturated carbocycles. The zero-order chi connectivity index (χ0) is 18.7. The van der Waals surface area contributed by atoms with Crippen LogP contribution in [0.25, 0.3) is 11.1 Å². The molecule has 0 aliphatic carbocycles. The van der Waals surface area contributed by atoms with E-state index in [1.165, 1.54) is 5.56 Å². The molecular formula is C24H14BClO2. The summed E-state index contributed by atoms with van der Waals surface area (Å²) in [5.41, 5.74) is 5.63. The molecule has 4 heteroatoms. The Morgan fingerprint density at radius 2 is 1.25 bits per heavy atom. The van der Waals surface area contributed by atoms with Gasteiger partial charge in [-0.1, -0.05) is 72.3 Å². The molecule has 0 N–H and O–H groups in total. The lowest BCUT2D eigenvalue weighted by Crippen LogP contribution is -2.57. The third-order valence-electron chi connectivity index (χ3n) is 5.46. The highest BCUT2D eigenvalue weighted by Gasteiger charge is 2.40. The summed E-state index contributed by atoms with van der Waals surface area (Å²) in [6.07, 6.45) is 0. The summed E-state index contributed by atoms with van der Waals surface area (Å²) in [5.74, 6) is 3.26. The smallest absolute Gasteiger partial charge is 0.260 e. The van der Waals surface area contributed by atoms with Gasteiger partial charge in [-0.2, -0.15) is 0 Å². The lowest BCUT2D eigenvalue weighted by molar-refractivity contribution is 0.464. The minimum absolute atomic E-state index is 0.0702. The topological polar surface area (TPSA) is 18.5 Å². The Morgan fingerprint density at radius 1 is 0.571 bits per heavy atom. The highest BCUT2D eigenvalue weighted by atomic mass is 35.5. The molecule has 0 bridgehead atoms. The molecule has 28 heavy (non-hydrogen) atoms. The number of para-hydroxylation sites is 1. The van der Waals surface area contributed by atoms with Gasteiger partial charge in [0.15, 0.2) is 0 Å². The monoisotopic (exact) mass is 380 g/mol. The summed E-state index contributed by atoms with van der Waals surface area (Å²) in [7, 11) is 0. The fourth-order valence-electron chi connectivity index (χ4n) is 4.22. The quantitative estimate of drug-likeness (QED) is 0.384. The Balaban J connectivity index is 1.59. The molecule has 0 aromatic heterocycles. The predicted octanol–water partition coefficient (Wildman–Crippen LogP) is 4.73. The van der Waals surface area contributed by atoms with E-state index in [0.717, 1.165) is 44.9 Å². The predicted molar refractivity (Wildman–Crippen MR) is 115 cm³/mol. The Kier molecular flexibility index (Phi) is 3.35. The standard InChI is InChI=1S/C24H14BClO2/c26-17-13-22-24-23(14-17)28-21-12-16(15-6-2-1-3-7-15)10-11-19(21)25(24)18-8-4-5-9-20(18)27-22/h1-14H. The van der Waals surface area contributed by atoms with E-state index in [1.807, 2.05) is 42.5 Å². The van der Waals surface area contributed by atoms with Gasteiger partial charge in [-0.25, -0.2) is 0 Å². The summed E-state index contributed by atoms with van der Waals surface area (Å²) in [5, 5.41) is 0.606. The van der Waals surface area contributed by atoms with Crippen molar-refractivity contribution in [2.45, 2.75) is 0 Å². The maximum Gasteiger partial charge on any atom is 0.260 e. The largest absolute Gasteiger partial charge is 0.458 e. The molecule has 2 nitrogen and oxygen atoms in total. The van der Waals surface area contributed by atoms with Crippen LogP contribution in [0.3, 0.4) is 0 Å². The molecule has 6 rings (SSSR count). The number of rotatable bonds is 1. The van der Waals surface area contributed by atoms with E-state index in [2.05, 4.69) is 42.5 Å². The molecule has 0 spiro atoms. The van der Waals surface area contributed by atoms with Gasteiger partial charge in [0.1, 0.15) is 23.0 Å². The lowest BCUT2D eigenvalue weighted by atomic mass is 9.35. The first-order valence-corrected chi connectivity index (χ1v) is 9.63. The molecule has 4 aromatic carbocycles. The van der Waals surface area contributed by atoms with Gasteiger partial charge < -0.3 is 9.47 Å². The van der Waals surface area contributed by atoms with E-state index in [1.54, 1.807) is 0 Å². The Morgan fingerprint density at radius 3 is 2.07 bits per heavy atom. The third kappa shape index (κ3) is 2.30. The van der Waals surface area contributed by atoms with Crippen LogP contribution in [0, 0.1) is 0 Å². The third-order valence-corrected chi connectivity index (χ3v) is 5.68. The van der Waals surface area contributed by atoms with Crippen molar-refractivity contribution in [2.75, 3.05) is 0 Å². The van der Waals surface area contributed by atoms with Gasteiger partial charge in [0.05, 0.1) is 0 Å². The van der Waals surface area contributed by atoms with Crippen LogP contribution in [-0.4, -0.2) is 6.71 Å². The number of fused-ring (bicyclic) bond motifs is 4. The molecule has 0 radical (unpaired) electrons. The van der Waals surface area contributed by atoms with Crippen molar-refractivity contribution in [3.8, 4) is 34.1 Å². The highest BCUT2D eigenvalue weighted by Crippen LogP contribution is 2.37. The van der Waals surface area contributed by atoms with Crippen LogP contribution in [0.15, 0.2) is 84.9 Å². The second kappa shape index (κ2) is 5.92. The molecule has 0 fully saturated rings. The lowest BCUT2D eigenvalue weighted by Gasteiger charge is -2.33. The SMILES string of the molecule is Clc1cc2c3c(c1)Oc1cc(-c4ccccc4)ccc1B3c1ccccc1O2. The Labute approximate surface area is 168 Å². The zero-order valence-electron chi connectivity index (χ0n) is 14.9. The number of ether oxygens (including phenoxy) is 2. The molecule has 0 saturated heterocycles.